The van der Waals surface area contributed by atoms with Gasteiger partial charge in [-0.1, -0.05) is 0 Å². The standard InChI is InChI=1S/C45H39N3O3/c1-25-19-34(31-7-13-46-14-8-31)43(49)37(22-25)40-28(4)41(38-23-26(2)20-35(44(38)50)32-9-15-47-16-10-32)30(6)42(29(40)5)39-24-27(3)21-36(45(39)51)33-11-17-48-18-12-33/h7-24,49-51H,1-6H3. The van der Waals surface area contributed by atoms with E-state index in [0.717, 1.165) is 66.8 Å². The number of nitrogens with zero attached hydrogens (tertiary/aromatic N) is 3. The molecule has 7 rings (SSSR count). The predicted octanol–water partition coefficient (Wildman–Crippen LogP) is 10.8. The van der Waals surface area contributed by atoms with Crippen LogP contribution < -0.4 is 0 Å². The molecule has 3 heterocycles. The Bertz CT molecular complexity index is 2150. The lowest BCUT2D eigenvalue weighted by Crippen LogP contribution is -2.03. The molecular formula is C45H39N3O3. The predicted molar refractivity (Wildman–Crippen MR) is 206 cm³/mol. The highest BCUT2D eigenvalue weighted by atomic mass is 16.3. The van der Waals surface area contributed by atoms with Crippen molar-refractivity contribution in [1.82, 2.24) is 15.0 Å². The van der Waals surface area contributed by atoms with Gasteiger partial charge in [-0.25, -0.2) is 0 Å². The van der Waals surface area contributed by atoms with Crippen LogP contribution in [0.5, 0.6) is 17.2 Å². The van der Waals surface area contributed by atoms with Crippen molar-refractivity contribution in [2.45, 2.75) is 41.5 Å². The lowest BCUT2D eigenvalue weighted by Gasteiger charge is -2.26. The highest BCUT2D eigenvalue weighted by Crippen LogP contribution is 2.52. The molecule has 0 saturated carbocycles. The molecule has 0 atom stereocenters. The molecule has 0 aliphatic rings. The van der Waals surface area contributed by atoms with Crippen molar-refractivity contribution in [2.24, 2.45) is 0 Å². The Labute approximate surface area is 298 Å². The summed E-state index contributed by atoms with van der Waals surface area (Å²) in [4.78, 5) is 12.6. The molecule has 6 nitrogen and oxygen atoms in total. The van der Waals surface area contributed by atoms with Crippen LogP contribution in [0.1, 0.15) is 33.4 Å². The van der Waals surface area contributed by atoms with Crippen molar-refractivity contribution in [2.75, 3.05) is 0 Å². The molecule has 0 bridgehead atoms. The summed E-state index contributed by atoms with van der Waals surface area (Å²) in [5.41, 5.74) is 14.8. The number of hydrogen-bond acceptors (Lipinski definition) is 6. The summed E-state index contributed by atoms with van der Waals surface area (Å²) < 4.78 is 0. The summed E-state index contributed by atoms with van der Waals surface area (Å²) >= 11 is 0. The molecule has 0 amide bonds. The Morgan fingerprint density at radius 3 is 0.784 bits per heavy atom. The smallest absolute Gasteiger partial charge is 0.131 e. The summed E-state index contributed by atoms with van der Waals surface area (Å²) in [6, 6.07) is 23.3. The van der Waals surface area contributed by atoms with Gasteiger partial charge in [0.1, 0.15) is 17.2 Å². The molecule has 3 aromatic heterocycles. The van der Waals surface area contributed by atoms with E-state index in [0.29, 0.717) is 33.4 Å². The molecule has 6 heteroatoms. The zero-order valence-corrected chi connectivity index (χ0v) is 29.6. The van der Waals surface area contributed by atoms with E-state index in [2.05, 4.69) is 35.7 Å². The Hall–Kier alpha value is -6.27. The molecule has 0 aliphatic heterocycles. The van der Waals surface area contributed by atoms with E-state index in [9.17, 15) is 15.3 Å². The van der Waals surface area contributed by atoms with Gasteiger partial charge in [0, 0.05) is 70.6 Å². The van der Waals surface area contributed by atoms with Gasteiger partial charge in [0.2, 0.25) is 0 Å². The van der Waals surface area contributed by atoms with Crippen molar-refractivity contribution in [1.29, 1.82) is 0 Å². The Balaban J connectivity index is 1.61. The molecule has 4 aromatic carbocycles. The lowest BCUT2D eigenvalue weighted by atomic mass is 9.78. The normalized spacial score (nSPS) is 11.2. The average molecular weight is 670 g/mol. The number of hydrogen-bond donors (Lipinski definition) is 3. The van der Waals surface area contributed by atoms with Crippen LogP contribution in [0.25, 0.3) is 66.8 Å². The fraction of sp³-hybridized carbons (Fsp3) is 0.133. The number of phenols is 3. The van der Waals surface area contributed by atoms with Gasteiger partial charge in [0.05, 0.1) is 0 Å². The number of aryl methyl sites for hydroxylation is 3. The first-order chi connectivity index (χ1) is 24.5. The Kier molecular flexibility index (Phi) is 8.61. The number of pyridine rings is 3. The summed E-state index contributed by atoms with van der Waals surface area (Å²) in [5.74, 6) is 0.446. The van der Waals surface area contributed by atoms with E-state index < -0.39 is 0 Å². The molecule has 0 fully saturated rings. The Morgan fingerprint density at radius 1 is 0.333 bits per heavy atom. The largest absolute Gasteiger partial charge is 0.507 e. The fourth-order valence-corrected chi connectivity index (χ4v) is 7.59. The first-order valence-corrected chi connectivity index (χ1v) is 16.9. The maximum atomic E-state index is 12.1. The SMILES string of the molecule is Cc1cc(-c2ccncc2)c(O)c(-c2c(C)c(-c3cc(C)cc(-c4ccncc4)c3O)c(C)c(-c3cc(C)cc(-c4ccncc4)c3O)c2C)c1. The third-order valence-electron chi connectivity index (χ3n) is 9.79. The monoisotopic (exact) mass is 669 g/mol. The second kappa shape index (κ2) is 13.2. The van der Waals surface area contributed by atoms with Crippen molar-refractivity contribution >= 4 is 0 Å². The minimum atomic E-state index is 0.149. The van der Waals surface area contributed by atoms with Gasteiger partial charge < -0.3 is 15.3 Å². The number of benzene rings is 4. The fourth-order valence-electron chi connectivity index (χ4n) is 7.59. The van der Waals surface area contributed by atoms with E-state index >= 15 is 0 Å². The molecular weight excluding hydrogens is 631 g/mol. The van der Waals surface area contributed by atoms with Crippen LogP contribution in [-0.4, -0.2) is 30.3 Å². The first kappa shape index (κ1) is 33.2. The number of aromatic hydroxyl groups is 3. The summed E-state index contributed by atoms with van der Waals surface area (Å²) in [6.07, 6.45) is 10.3. The van der Waals surface area contributed by atoms with Crippen LogP contribution in [0, 0.1) is 41.5 Å². The van der Waals surface area contributed by atoms with Gasteiger partial charge in [-0.3, -0.25) is 15.0 Å². The second-order valence-corrected chi connectivity index (χ2v) is 13.3. The molecule has 0 radical (unpaired) electrons. The Morgan fingerprint density at radius 2 is 0.549 bits per heavy atom. The zero-order valence-electron chi connectivity index (χ0n) is 29.6. The third kappa shape index (κ3) is 5.89. The highest BCUT2D eigenvalue weighted by molar-refractivity contribution is 5.99. The van der Waals surface area contributed by atoms with E-state index in [-0.39, 0.29) is 17.2 Å². The molecule has 0 spiro atoms. The molecule has 51 heavy (non-hydrogen) atoms. The van der Waals surface area contributed by atoms with Crippen LogP contribution in [-0.2, 0) is 0 Å². The van der Waals surface area contributed by atoms with E-state index in [4.69, 9.17) is 0 Å². The maximum Gasteiger partial charge on any atom is 0.131 e. The van der Waals surface area contributed by atoms with Gasteiger partial charge in [0.25, 0.3) is 0 Å². The van der Waals surface area contributed by atoms with Crippen molar-refractivity contribution in [3.05, 3.63) is 143 Å². The van der Waals surface area contributed by atoms with Crippen LogP contribution in [0.4, 0.5) is 0 Å². The maximum absolute atomic E-state index is 12.1. The zero-order chi connectivity index (χ0) is 36.0. The van der Waals surface area contributed by atoms with Crippen LogP contribution in [0.15, 0.2) is 110 Å². The average Bonchev–Trinajstić information content (AvgIpc) is 3.13. The van der Waals surface area contributed by atoms with Gasteiger partial charge in [-0.05, 0) is 181 Å². The van der Waals surface area contributed by atoms with Crippen molar-refractivity contribution in [3.8, 4) is 84.0 Å². The van der Waals surface area contributed by atoms with Gasteiger partial charge in [0.15, 0.2) is 0 Å². The van der Waals surface area contributed by atoms with Crippen LogP contribution >= 0.6 is 0 Å². The topological polar surface area (TPSA) is 99.4 Å². The van der Waals surface area contributed by atoms with Gasteiger partial charge >= 0.3 is 0 Å². The number of rotatable bonds is 6. The van der Waals surface area contributed by atoms with E-state index in [1.54, 1.807) is 37.2 Å². The minimum absolute atomic E-state index is 0.149. The molecule has 0 saturated heterocycles. The van der Waals surface area contributed by atoms with Crippen LogP contribution in [0.2, 0.25) is 0 Å². The summed E-state index contributed by atoms with van der Waals surface area (Å²) in [6.45, 7) is 12.2. The molecule has 0 unspecified atom stereocenters. The highest BCUT2D eigenvalue weighted by Gasteiger charge is 2.27. The first-order valence-electron chi connectivity index (χ1n) is 16.9. The quantitative estimate of drug-likeness (QED) is 0.163. The molecule has 252 valence electrons. The summed E-state index contributed by atoms with van der Waals surface area (Å²) in [5, 5.41) is 36.3. The van der Waals surface area contributed by atoms with Gasteiger partial charge in [-0.15, -0.1) is 0 Å². The third-order valence-corrected chi connectivity index (χ3v) is 9.79. The van der Waals surface area contributed by atoms with Crippen molar-refractivity contribution < 1.29 is 15.3 Å². The van der Waals surface area contributed by atoms with Crippen LogP contribution in [0.3, 0.4) is 0 Å². The van der Waals surface area contributed by atoms with Crippen molar-refractivity contribution in [3.63, 3.8) is 0 Å². The number of phenolic OH excluding ortho intramolecular Hbond substituents is 3. The lowest BCUT2D eigenvalue weighted by molar-refractivity contribution is 0.479. The van der Waals surface area contributed by atoms with E-state index in [1.165, 1.54) is 0 Å². The second-order valence-electron chi connectivity index (χ2n) is 13.3. The van der Waals surface area contributed by atoms with E-state index in [1.807, 2.05) is 93.6 Å². The molecule has 3 N–H and O–H groups in total. The van der Waals surface area contributed by atoms with Gasteiger partial charge in [-0.2, -0.15) is 0 Å². The summed E-state index contributed by atoms with van der Waals surface area (Å²) in [7, 11) is 0. The molecule has 7 aromatic rings. The minimum Gasteiger partial charge on any atom is -0.507 e. The number of aromatic nitrogens is 3. The molecule has 0 aliphatic carbocycles.